The molecule has 0 radical (unpaired) electrons. The maximum Gasteiger partial charge on any atom is 0.381 e. The van der Waals surface area contributed by atoms with Gasteiger partial charge in [-0.05, 0) is 0 Å². The Labute approximate surface area is 99.8 Å². The third-order valence-corrected chi connectivity index (χ3v) is 1.89. The second-order valence-electron chi connectivity index (χ2n) is 3.00. The molecule has 0 aliphatic carbocycles. The van der Waals surface area contributed by atoms with Gasteiger partial charge in [0.25, 0.3) is 0 Å². The van der Waals surface area contributed by atoms with E-state index in [1.165, 1.54) is 0 Å². The number of ether oxygens (including phenoxy) is 1. The predicted molar refractivity (Wildman–Crippen MR) is 42.5 cm³/mol. The molecule has 108 valence electrons. The molecule has 0 spiro atoms. The number of carbonyl (C=O) groups is 1. The van der Waals surface area contributed by atoms with Crippen molar-refractivity contribution in [3.8, 4) is 0 Å². The van der Waals surface area contributed by atoms with Crippen molar-refractivity contribution in [1.29, 1.82) is 0 Å². The zero-order valence-electron chi connectivity index (χ0n) is 8.21. The fourth-order valence-corrected chi connectivity index (χ4v) is 0.758. The minimum atomic E-state index is -6.39. The number of hydrogen-bond acceptors (Lipinski definition) is 2. The molecule has 0 aromatic rings. The number of hydrogen-bond donors (Lipinski definition) is 0. The number of carbonyl (C=O) groups excluding carboxylic acids is 1. The number of alkyl halides is 9. The van der Waals surface area contributed by atoms with Crippen LogP contribution < -0.4 is 0 Å². The van der Waals surface area contributed by atoms with E-state index < -0.39 is 42.6 Å². The van der Waals surface area contributed by atoms with Gasteiger partial charge in [-0.2, -0.15) is 26.3 Å². The van der Waals surface area contributed by atoms with Crippen LogP contribution in [-0.4, -0.2) is 42.6 Å². The lowest BCUT2D eigenvalue weighted by atomic mass is 10.1. The van der Waals surface area contributed by atoms with E-state index in [0.717, 1.165) is 0 Å². The molecule has 0 aromatic heterocycles. The fraction of sp³-hybridized carbons (Fsp3) is 0.857. The second kappa shape index (κ2) is 5.45. The summed E-state index contributed by atoms with van der Waals surface area (Å²) in [6, 6.07) is 0. The van der Waals surface area contributed by atoms with Gasteiger partial charge in [-0.25, -0.2) is 8.78 Å². The van der Waals surface area contributed by atoms with Crippen LogP contribution in [0.2, 0.25) is 0 Å². The Morgan fingerprint density at radius 1 is 1.11 bits per heavy atom. The van der Waals surface area contributed by atoms with E-state index in [2.05, 4.69) is 4.74 Å². The summed E-state index contributed by atoms with van der Waals surface area (Å²) < 4.78 is 102. The van der Waals surface area contributed by atoms with Gasteiger partial charge in [0.2, 0.25) is 0 Å². The van der Waals surface area contributed by atoms with Crippen molar-refractivity contribution in [1.82, 2.24) is 0 Å². The lowest BCUT2D eigenvalue weighted by Gasteiger charge is -2.31. The third kappa shape index (κ3) is 3.15. The zero-order valence-corrected chi connectivity index (χ0v) is 8.97. The summed E-state index contributed by atoms with van der Waals surface area (Å²) in [5.41, 5.74) is 0. The standard InChI is InChI=1S/C7H5ClF8O2/c8-1-3(17)18-2-5(11,12)7(15,16)6(13,14)4(9)10/h4H,1-2H2. The lowest BCUT2D eigenvalue weighted by Crippen LogP contribution is -2.59. The van der Waals surface area contributed by atoms with E-state index >= 15 is 0 Å². The van der Waals surface area contributed by atoms with E-state index in [-0.39, 0.29) is 0 Å². The number of rotatable bonds is 6. The van der Waals surface area contributed by atoms with Crippen molar-refractivity contribution in [3.05, 3.63) is 0 Å². The first kappa shape index (κ1) is 17.2. The van der Waals surface area contributed by atoms with Crippen LogP contribution in [0.25, 0.3) is 0 Å². The molecule has 11 heteroatoms. The van der Waals surface area contributed by atoms with Crippen LogP contribution >= 0.6 is 11.6 Å². The van der Waals surface area contributed by atoms with E-state index in [0.29, 0.717) is 0 Å². The van der Waals surface area contributed by atoms with Crippen LogP contribution in [0, 0.1) is 0 Å². The minimum Gasteiger partial charge on any atom is -0.458 e. The Morgan fingerprint density at radius 2 is 1.56 bits per heavy atom. The monoisotopic (exact) mass is 308 g/mol. The van der Waals surface area contributed by atoms with Crippen molar-refractivity contribution >= 4 is 17.6 Å². The molecule has 0 saturated heterocycles. The first-order chi connectivity index (χ1) is 7.90. The summed E-state index contributed by atoms with van der Waals surface area (Å²) in [5, 5.41) is 0. The highest BCUT2D eigenvalue weighted by Crippen LogP contribution is 2.48. The third-order valence-electron chi connectivity index (χ3n) is 1.68. The van der Waals surface area contributed by atoms with Crippen LogP contribution in [0.1, 0.15) is 0 Å². The van der Waals surface area contributed by atoms with E-state index in [4.69, 9.17) is 11.6 Å². The van der Waals surface area contributed by atoms with Crippen molar-refractivity contribution in [2.24, 2.45) is 0 Å². The first-order valence-electron chi connectivity index (χ1n) is 4.03. The maximum atomic E-state index is 12.7. The highest BCUT2D eigenvalue weighted by atomic mass is 35.5. The van der Waals surface area contributed by atoms with Gasteiger partial charge >= 0.3 is 30.2 Å². The van der Waals surface area contributed by atoms with Gasteiger partial charge in [0, 0.05) is 0 Å². The topological polar surface area (TPSA) is 26.3 Å². The van der Waals surface area contributed by atoms with Gasteiger partial charge < -0.3 is 4.74 Å². The maximum absolute atomic E-state index is 12.7. The molecule has 18 heavy (non-hydrogen) atoms. The van der Waals surface area contributed by atoms with E-state index in [9.17, 15) is 39.9 Å². The van der Waals surface area contributed by atoms with E-state index in [1.807, 2.05) is 0 Å². The second-order valence-corrected chi connectivity index (χ2v) is 3.26. The number of esters is 1. The molecule has 0 aliphatic rings. The summed E-state index contributed by atoms with van der Waals surface area (Å²) in [4.78, 5) is 10.3. The van der Waals surface area contributed by atoms with Crippen LogP contribution in [-0.2, 0) is 9.53 Å². The van der Waals surface area contributed by atoms with Gasteiger partial charge in [0.05, 0.1) is 0 Å². The molecule has 0 heterocycles. The lowest BCUT2D eigenvalue weighted by molar-refractivity contribution is -0.344. The molecular weight excluding hydrogens is 304 g/mol. The largest absolute Gasteiger partial charge is 0.458 e. The van der Waals surface area contributed by atoms with Gasteiger partial charge in [-0.15, -0.1) is 11.6 Å². The normalized spacial score (nSPS) is 13.9. The molecule has 0 fully saturated rings. The van der Waals surface area contributed by atoms with Crippen molar-refractivity contribution in [2.45, 2.75) is 24.2 Å². The fourth-order valence-electron chi connectivity index (χ4n) is 0.681. The molecule has 2 nitrogen and oxygen atoms in total. The Balaban J connectivity index is 5.02. The minimum absolute atomic E-state index is 0.993. The SMILES string of the molecule is O=C(CCl)OCC(F)(F)C(F)(F)C(F)(F)C(F)F. The zero-order chi connectivity index (χ0) is 14.8. The summed E-state index contributed by atoms with van der Waals surface area (Å²) >= 11 is 4.76. The smallest absolute Gasteiger partial charge is 0.381 e. The predicted octanol–water partition coefficient (Wildman–Crippen LogP) is 2.94. The van der Waals surface area contributed by atoms with Crippen LogP contribution in [0.3, 0.4) is 0 Å². The molecule has 0 N–H and O–H groups in total. The quantitative estimate of drug-likeness (QED) is 0.428. The van der Waals surface area contributed by atoms with Crippen molar-refractivity contribution in [3.63, 3.8) is 0 Å². The summed E-state index contributed by atoms with van der Waals surface area (Å²) in [6.07, 6.45) is -5.01. The highest BCUT2D eigenvalue weighted by molar-refractivity contribution is 6.26. The average Bonchev–Trinajstić information content (AvgIpc) is 2.25. The Bertz CT molecular complexity index is 306. The van der Waals surface area contributed by atoms with E-state index in [1.54, 1.807) is 0 Å². The Hall–Kier alpha value is -0.800. The van der Waals surface area contributed by atoms with Crippen LogP contribution in [0.5, 0.6) is 0 Å². The van der Waals surface area contributed by atoms with Crippen LogP contribution in [0.4, 0.5) is 35.1 Å². The molecule has 0 rings (SSSR count). The Morgan fingerprint density at radius 3 is 1.89 bits per heavy atom. The first-order valence-corrected chi connectivity index (χ1v) is 4.56. The molecule has 0 aromatic carbocycles. The molecule has 0 saturated carbocycles. The summed E-state index contributed by atoms with van der Waals surface area (Å²) in [7, 11) is 0. The van der Waals surface area contributed by atoms with Crippen molar-refractivity contribution < 1.29 is 44.7 Å². The molecular formula is C7H5ClF8O2. The van der Waals surface area contributed by atoms with Crippen molar-refractivity contribution in [2.75, 3.05) is 12.5 Å². The van der Waals surface area contributed by atoms with Gasteiger partial charge in [-0.3, -0.25) is 4.79 Å². The highest BCUT2D eigenvalue weighted by Gasteiger charge is 2.75. The van der Waals surface area contributed by atoms with Crippen LogP contribution in [0.15, 0.2) is 0 Å². The van der Waals surface area contributed by atoms with Gasteiger partial charge in [-0.1, -0.05) is 0 Å². The Kier molecular flexibility index (Phi) is 5.21. The van der Waals surface area contributed by atoms with Gasteiger partial charge in [0.1, 0.15) is 5.88 Å². The summed E-state index contributed by atoms with van der Waals surface area (Å²) in [5.74, 6) is -20.9. The van der Waals surface area contributed by atoms with Gasteiger partial charge in [0.15, 0.2) is 6.61 Å². The summed E-state index contributed by atoms with van der Waals surface area (Å²) in [6.45, 7) is -2.49. The molecule has 0 aliphatic heterocycles. The molecule has 0 amide bonds. The number of halogens is 9. The molecule has 0 bridgehead atoms. The average molecular weight is 309 g/mol. The molecule has 0 unspecified atom stereocenters. The molecule has 0 atom stereocenters.